The van der Waals surface area contributed by atoms with Gasteiger partial charge in [0.2, 0.25) is 5.91 Å². The first kappa shape index (κ1) is 11.9. The highest BCUT2D eigenvalue weighted by Gasteiger charge is 2.14. The second-order valence-corrected chi connectivity index (χ2v) is 3.83. The minimum atomic E-state index is -0.464. The fourth-order valence-electron chi connectivity index (χ4n) is 1.64. The lowest BCUT2D eigenvalue weighted by molar-refractivity contribution is -0.118. The van der Waals surface area contributed by atoms with Crippen molar-refractivity contribution in [3.63, 3.8) is 0 Å². The topological polar surface area (TPSA) is 54.5 Å². The lowest BCUT2D eigenvalue weighted by atomic mass is 10.3. The van der Waals surface area contributed by atoms with E-state index >= 15 is 0 Å². The highest BCUT2D eigenvalue weighted by Crippen LogP contribution is 2.07. The maximum Gasteiger partial charge on any atom is 0.238 e. The van der Waals surface area contributed by atoms with Crippen LogP contribution in [0.25, 0.3) is 0 Å². The summed E-state index contributed by atoms with van der Waals surface area (Å²) in [5.41, 5.74) is 0.378. The second-order valence-electron chi connectivity index (χ2n) is 3.83. The van der Waals surface area contributed by atoms with E-state index in [1.54, 1.807) is 0 Å². The molecule has 1 saturated heterocycles. The number of pyridine rings is 1. The van der Waals surface area contributed by atoms with Crippen molar-refractivity contribution in [1.82, 2.24) is 9.88 Å². The molecular formula is C11H14FN3O2. The summed E-state index contributed by atoms with van der Waals surface area (Å²) in [4.78, 5) is 17.3. The zero-order valence-electron chi connectivity index (χ0n) is 9.36. The molecule has 0 radical (unpaired) electrons. The number of carbonyl (C=O) groups excluding carboxylic acids is 1. The third-order valence-electron chi connectivity index (χ3n) is 2.46. The average Bonchev–Trinajstić information content (AvgIpc) is 2.30. The highest BCUT2D eigenvalue weighted by atomic mass is 19.1. The smallest absolute Gasteiger partial charge is 0.238 e. The monoisotopic (exact) mass is 239 g/mol. The Bertz CT molecular complexity index is 394. The zero-order valence-corrected chi connectivity index (χ0v) is 9.36. The van der Waals surface area contributed by atoms with Crippen LogP contribution in [0.2, 0.25) is 0 Å². The molecule has 0 aromatic carbocycles. The van der Waals surface area contributed by atoms with Crippen molar-refractivity contribution in [2.75, 3.05) is 38.2 Å². The molecule has 0 aliphatic carbocycles. The van der Waals surface area contributed by atoms with Crippen LogP contribution in [0.15, 0.2) is 18.5 Å². The number of nitrogens with one attached hydrogen (secondary N) is 1. The van der Waals surface area contributed by atoms with Crippen LogP contribution in [0.5, 0.6) is 0 Å². The van der Waals surface area contributed by atoms with E-state index in [0.717, 1.165) is 19.3 Å². The third-order valence-corrected chi connectivity index (χ3v) is 2.46. The molecule has 0 atom stereocenters. The summed E-state index contributed by atoms with van der Waals surface area (Å²) in [5.74, 6) is -0.631. The summed E-state index contributed by atoms with van der Waals surface area (Å²) >= 11 is 0. The molecule has 1 aromatic rings. The molecule has 1 fully saturated rings. The number of halogens is 1. The molecule has 1 aliphatic heterocycles. The van der Waals surface area contributed by atoms with Gasteiger partial charge in [-0.1, -0.05) is 0 Å². The molecule has 1 aromatic heterocycles. The van der Waals surface area contributed by atoms with E-state index in [-0.39, 0.29) is 5.91 Å². The van der Waals surface area contributed by atoms with Crippen molar-refractivity contribution in [3.8, 4) is 0 Å². The molecule has 1 amide bonds. The molecular weight excluding hydrogens is 225 g/mol. The molecule has 92 valence electrons. The van der Waals surface area contributed by atoms with E-state index in [0.29, 0.717) is 25.4 Å². The van der Waals surface area contributed by atoms with Crippen LogP contribution in [-0.4, -0.2) is 48.6 Å². The minimum absolute atomic E-state index is 0.167. The molecule has 0 spiro atoms. The van der Waals surface area contributed by atoms with E-state index < -0.39 is 5.82 Å². The molecule has 17 heavy (non-hydrogen) atoms. The first-order valence-electron chi connectivity index (χ1n) is 5.44. The van der Waals surface area contributed by atoms with Crippen molar-refractivity contribution in [2.45, 2.75) is 0 Å². The second kappa shape index (κ2) is 5.70. The maximum absolute atomic E-state index is 12.8. The highest BCUT2D eigenvalue weighted by molar-refractivity contribution is 5.92. The number of ether oxygens (including phenoxy) is 1. The Morgan fingerprint density at radius 3 is 2.94 bits per heavy atom. The van der Waals surface area contributed by atoms with E-state index in [9.17, 15) is 9.18 Å². The predicted octanol–water partition coefficient (Wildman–Crippen LogP) is 0.491. The van der Waals surface area contributed by atoms with E-state index in [1.807, 2.05) is 4.90 Å². The van der Waals surface area contributed by atoms with Gasteiger partial charge in [-0.15, -0.1) is 0 Å². The van der Waals surface area contributed by atoms with Gasteiger partial charge in [-0.2, -0.15) is 0 Å². The van der Waals surface area contributed by atoms with Gasteiger partial charge in [-0.05, 0) is 0 Å². The molecule has 1 N–H and O–H groups in total. The normalized spacial score (nSPS) is 16.8. The van der Waals surface area contributed by atoms with Crippen LogP contribution < -0.4 is 5.32 Å². The van der Waals surface area contributed by atoms with Crippen molar-refractivity contribution in [1.29, 1.82) is 0 Å². The average molecular weight is 239 g/mol. The van der Waals surface area contributed by atoms with Crippen molar-refractivity contribution < 1.29 is 13.9 Å². The lowest BCUT2D eigenvalue weighted by Crippen LogP contribution is -2.41. The summed E-state index contributed by atoms with van der Waals surface area (Å²) in [6.07, 6.45) is 2.51. The van der Waals surface area contributed by atoms with Crippen molar-refractivity contribution in [3.05, 3.63) is 24.3 Å². The zero-order chi connectivity index (χ0) is 12.1. The van der Waals surface area contributed by atoms with Gasteiger partial charge in [0.1, 0.15) is 5.82 Å². The number of morpholine rings is 1. The van der Waals surface area contributed by atoms with Crippen LogP contribution in [0.1, 0.15) is 0 Å². The number of hydrogen-bond donors (Lipinski definition) is 1. The SMILES string of the molecule is O=C(CN1CCOCC1)Nc1cncc(F)c1. The van der Waals surface area contributed by atoms with Gasteiger partial charge in [0.25, 0.3) is 0 Å². The van der Waals surface area contributed by atoms with Crippen LogP contribution >= 0.6 is 0 Å². The maximum atomic E-state index is 12.8. The number of nitrogens with zero attached hydrogens (tertiary/aromatic N) is 2. The largest absolute Gasteiger partial charge is 0.379 e. The molecule has 5 nitrogen and oxygen atoms in total. The summed E-state index contributed by atoms with van der Waals surface area (Å²) in [7, 11) is 0. The molecule has 6 heteroatoms. The van der Waals surface area contributed by atoms with Gasteiger partial charge in [0.05, 0.1) is 37.8 Å². The fraction of sp³-hybridized carbons (Fsp3) is 0.455. The van der Waals surface area contributed by atoms with Crippen LogP contribution in [0, 0.1) is 5.82 Å². The molecule has 2 heterocycles. The first-order chi connectivity index (χ1) is 8.24. The van der Waals surface area contributed by atoms with Crippen LogP contribution in [-0.2, 0) is 9.53 Å². The van der Waals surface area contributed by atoms with Gasteiger partial charge < -0.3 is 10.1 Å². The standard InChI is InChI=1S/C11H14FN3O2/c12-9-5-10(7-13-6-9)14-11(16)8-15-1-3-17-4-2-15/h5-7H,1-4,8H2,(H,14,16). The van der Waals surface area contributed by atoms with Gasteiger partial charge in [-0.3, -0.25) is 14.7 Å². The number of carbonyl (C=O) groups is 1. The summed E-state index contributed by atoms with van der Waals surface area (Å²) in [6.45, 7) is 3.08. The third kappa shape index (κ3) is 3.76. The number of aromatic nitrogens is 1. The van der Waals surface area contributed by atoms with Crippen LogP contribution in [0.4, 0.5) is 10.1 Å². The van der Waals surface area contributed by atoms with E-state index in [1.165, 1.54) is 12.3 Å². The number of hydrogen-bond acceptors (Lipinski definition) is 4. The van der Waals surface area contributed by atoms with E-state index in [2.05, 4.69) is 10.3 Å². The lowest BCUT2D eigenvalue weighted by Gasteiger charge is -2.25. The van der Waals surface area contributed by atoms with Gasteiger partial charge in [0, 0.05) is 19.2 Å². The first-order valence-corrected chi connectivity index (χ1v) is 5.44. The quantitative estimate of drug-likeness (QED) is 0.834. The number of rotatable bonds is 3. The summed E-state index contributed by atoms with van der Waals surface area (Å²) < 4.78 is 18.0. The Morgan fingerprint density at radius 2 is 2.24 bits per heavy atom. The summed E-state index contributed by atoms with van der Waals surface area (Å²) in [6, 6.07) is 1.24. The Labute approximate surface area is 98.6 Å². The van der Waals surface area contributed by atoms with Gasteiger partial charge >= 0.3 is 0 Å². The van der Waals surface area contributed by atoms with E-state index in [4.69, 9.17) is 4.74 Å². The fourth-order valence-corrected chi connectivity index (χ4v) is 1.64. The van der Waals surface area contributed by atoms with Gasteiger partial charge in [-0.25, -0.2) is 4.39 Å². The van der Waals surface area contributed by atoms with Gasteiger partial charge in [0.15, 0.2) is 0 Å². The van der Waals surface area contributed by atoms with Crippen molar-refractivity contribution in [2.24, 2.45) is 0 Å². The Balaban J connectivity index is 1.84. The molecule has 2 rings (SSSR count). The van der Waals surface area contributed by atoms with Crippen LogP contribution in [0.3, 0.4) is 0 Å². The molecule has 0 bridgehead atoms. The Morgan fingerprint density at radius 1 is 1.47 bits per heavy atom. The molecule has 0 unspecified atom stereocenters. The Hall–Kier alpha value is -1.53. The Kier molecular flexibility index (Phi) is 4.00. The number of amides is 1. The minimum Gasteiger partial charge on any atom is -0.379 e. The predicted molar refractivity (Wildman–Crippen MR) is 60.1 cm³/mol. The molecule has 0 saturated carbocycles. The number of anilines is 1. The molecule has 1 aliphatic rings. The van der Waals surface area contributed by atoms with Crippen molar-refractivity contribution >= 4 is 11.6 Å². The summed E-state index contributed by atoms with van der Waals surface area (Å²) in [5, 5.41) is 2.61.